The van der Waals surface area contributed by atoms with Gasteiger partial charge in [0.25, 0.3) is 0 Å². The van der Waals surface area contributed by atoms with Crippen molar-refractivity contribution in [1.29, 1.82) is 0 Å². The van der Waals surface area contributed by atoms with E-state index in [9.17, 15) is 15.0 Å². The largest absolute Gasteiger partial charge is 0.397 e. The van der Waals surface area contributed by atoms with E-state index in [4.69, 9.17) is 10.7 Å². The van der Waals surface area contributed by atoms with Crippen molar-refractivity contribution in [3.63, 3.8) is 0 Å². The van der Waals surface area contributed by atoms with Crippen LogP contribution in [0.1, 0.15) is 47.8 Å². The molecule has 0 saturated carbocycles. The summed E-state index contributed by atoms with van der Waals surface area (Å²) < 4.78 is 0. The third-order valence-electron chi connectivity index (χ3n) is 4.73. The molecule has 0 radical (unpaired) electrons. The fourth-order valence-electron chi connectivity index (χ4n) is 3.28. The lowest BCUT2D eigenvalue weighted by Crippen LogP contribution is -2.36. The van der Waals surface area contributed by atoms with Crippen LogP contribution >= 0.6 is 11.3 Å². The van der Waals surface area contributed by atoms with E-state index in [1.54, 1.807) is 0 Å². The van der Waals surface area contributed by atoms with E-state index in [0.717, 1.165) is 47.5 Å². The fourth-order valence-corrected chi connectivity index (χ4v) is 4.42. The second-order valence-electron chi connectivity index (χ2n) is 6.49. The molecule has 1 fully saturated rings. The van der Waals surface area contributed by atoms with Gasteiger partial charge >= 0.3 is 0 Å². The Bertz CT molecular complexity index is 767. The zero-order chi connectivity index (χ0) is 18.0. The molecule has 0 aromatic carbocycles. The molecule has 0 aliphatic carbocycles. The number of nitrogens with two attached hydrogens (primary N) is 1. The highest BCUT2D eigenvalue weighted by molar-refractivity contribution is 7.21. The molecule has 6 nitrogen and oxygen atoms in total. The maximum Gasteiger partial charge on any atom is 0.174 e. The minimum atomic E-state index is -0.236. The minimum absolute atomic E-state index is 0.0382. The average molecular weight is 363 g/mol. The topological polar surface area (TPSA) is 99.7 Å². The summed E-state index contributed by atoms with van der Waals surface area (Å²) >= 11 is 1.36. The summed E-state index contributed by atoms with van der Waals surface area (Å²) in [6.07, 6.45) is 2.98. The number of thiophene rings is 1. The molecule has 0 atom stereocenters. The van der Waals surface area contributed by atoms with Gasteiger partial charge in [-0.3, -0.25) is 4.79 Å². The molecule has 2 aromatic heterocycles. The van der Waals surface area contributed by atoms with Gasteiger partial charge in [-0.1, -0.05) is 6.92 Å². The van der Waals surface area contributed by atoms with Gasteiger partial charge in [0, 0.05) is 31.5 Å². The number of carbonyl (C=O) groups excluding carboxylic acids is 1. The highest BCUT2D eigenvalue weighted by Crippen LogP contribution is 2.38. The van der Waals surface area contributed by atoms with Crippen LogP contribution in [-0.4, -0.2) is 46.8 Å². The summed E-state index contributed by atoms with van der Waals surface area (Å²) in [4.78, 5) is 20.5. The van der Waals surface area contributed by atoms with Crippen molar-refractivity contribution in [1.82, 2.24) is 4.98 Å². The summed E-state index contributed by atoms with van der Waals surface area (Å²) in [7, 11) is 0. The van der Waals surface area contributed by atoms with E-state index in [0.29, 0.717) is 29.8 Å². The normalized spacial score (nSPS) is 15.9. The molecule has 0 spiro atoms. The van der Waals surface area contributed by atoms with Gasteiger partial charge in [0.1, 0.15) is 10.6 Å². The molecule has 7 heteroatoms. The molecular formula is C18H25N3O3S. The number of fused-ring (bicyclic) bond motifs is 1. The lowest BCUT2D eigenvalue weighted by molar-refractivity contribution is 0.0993. The molecule has 1 saturated heterocycles. The molecule has 0 amide bonds. The summed E-state index contributed by atoms with van der Waals surface area (Å²) in [5, 5.41) is 19.8. The Balaban J connectivity index is 2.06. The molecule has 3 heterocycles. The van der Waals surface area contributed by atoms with Gasteiger partial charge in [0.05, 0.1) is 16.7 Å². The maximum absolute atomic E-state index is 12.2. The van der Waals surface area contributed by atoms with Crippen molar-refractivity contribution in [2.45, 2.75) is 45.1 Å². The Morgan fingerprint density at radius 3 is 2.80 bits per heavy atom. The van der Waals surface area contributed by atoms with E-state index >= 15 is 0 Å². The monoisotopic (exact) mass is 363 g/mol. The first-order valence-electron chi connectivity index (χ1n) is 8.84. The summed E-state index contributed by atoms with van der Waals surface area (Å²) in [6, 6.07) is 2.03. The van der Waals surface area contributed by atoms with Crippen molar-refractivity contribution in [2.75, 3.05) is 30.3 Å². The first-order valence-corrected chi connectivity index (χ1v) is 9.65. The molecular weight excluding hydrogens is 338 g/mol. The number of nitrogens with zero attached hydrogens (tertiary/aromatic N) is 2. The van der Waals surface area contributed by atoms with Gasteiger partial charge in [0.2, 0.25) is 0 Å². The molecule has 0 unspecified atom stereocenters. The minimum Gasteiger partial charge on any atom is -0.397 e. The number of aromatic nitrogens is 1. The lowest BCUT2D eigenvalue weighted by Gasteiger charge is -2.30. The van der Waals surface area contributed by atoms with Crippen LogP contribution in [0.4, 0.5) is 11.5 Å². The number of aryl methyl sites for hydroxylation is 1. The summed E-state index contributed by atoms with van der Waals surface area (Å²) in [6.45, 7) is 3.47. The lowest BCUT2D eigenvalue weighted by atomic mass is 10.0. The number of aliphatic hydroxyl groups is 2. The van der Waals surface area contributed by atoms with Gasteiger partial charge < -0.3 is 20.8 Å². The van der Waals surface area contributed by atoms with Crippen LogP contribution in [0.3, 0.4) is 0 Å². The number of anilines is 2. The number of carbonyl (C=O) groups is 1. The van der Waals surface area contributed by atoms with E-state index in [1.807, 2.05) is 13.0 Å². The van der Waals surface area contributed by atoms with Gasteiger partial charge in [-0.25, -0.2) is 4.98 Å². The number of hydrogen-bond acceptors (Lipinski definition) is 7. The number of Topliss-reactive ketones (excluding diaryl/α,β-unsaturated/α-hetero) is 1. The van der Waals surface area contributed by atoms with Crippen molar-refractivity contribution in [2.24, 2.45) is 0 Å². The summed E-state index contributed by atoms with van der Waals surface area (Å²) in [5.41, 5.74) is 7.83. The molecule has 25 heavy (non-hydrogen) atoms. The highest BCUT2D eigenvalue weighted by atomic mass is 32.1. The molecule has 0 bridgehead atoms. The Kier molecular flexibility index (Phi) is 5.56. The molecule has 3 rings (SSSR count). The third kappa shape index (κ3) is 3.63. The van der Waals surface area contributed by atoms with Crippen molar-refractivity contribution in [3.05, 3.63) is 16.5 Å². The number of aliphatic hydroxyl groups excluding tert-OH is 2. The highest BCUT2D eigenvalue weighted by Gasteiger charge is 2.23. The number of piperidine rings is 1. The first kappa shape index (κ1) is 18.1. The van der Waals surface area contributed by atoms with Gasteiger partial charge in [-0.2, -0.15) is 0 Å². The number of nitrogen functional groups attached to an aromatic ring is 1. The Labute approximate surface area is 151 Å². The van der Waals surface area contributed by atoms with Crippen molar-refractivity contribution < 1.29 is 15.0 Å². The smallest absolute Gasteiger partial charge is 0.174 e. The van der Waals surface area contributed by atoms with Gasteiger partial charge in [-0.05, 0) is 37.3 Å². The molecule has 1 aliphatic heterocycles. The second kappa shape index (κ2) is 7.68. The SMILES string of the molecule is CCC(=O)c1sc2nc(N3CCC(O)CC3)cc(CCCO)c2c1N. The Morgan fingerprint density at radius 1 is 1.44 bits per heavy atom. The van der Waals surface area contributed by atoms with Crippen LogP contribution in [-0.2, 0) is 6.42 Å². The fraction of sp³-hybridized carbons (Fsp3) is 0.556. The Hall–Kier alpha value is -1.70. The van der Waals surface area contributed by atoms with Crippen LogP contribution in [0.2, 0.25) is 0 Å². The number of ketones is 1. The van der Waals surface area contributed by atoms with Crippen LogP contribution in [0.5, 0.6) is 0 Å². The van der Waals surface area contributed by atoms with Crippen molar-refractivity contribution >= 4 is 38.8 Å². The number of hydrogen-bond donors (Lipinski definition) is 3. The van der Waals surface area contributed by atoms with E-state index in [1.165, 1.54) is 11.3 Å². The van der Waals surface area contributed by atoms with Crippen LogP contribution in [0, 0.1) is 0 Å². The zero-order valence-electron chi connectivity index (χ0n) is 14.5. The predicted molar refractivity (Wildman–Crippen MR) is 102 cm³/mol. The van der Waals surface area contributed by atoms with Crippen LogP contribution in [0.15, 0.2) is 6.07 Å². The quantitative estimate of drug-likeness (QED) is 0.681. The first-order chi connectivity index (χ1) is 12.0. The molecule has 136 valence electrons. The second-order valence-corrected chi connectivity index (χ2v) is 7.49. The summed E-state index contributed by atoms with van der Waals surface area (Å²) in [5.74, 6) is 0.903. The predicted octanol–water partition coefficient (Wildman–Crippen LogP) is 2.36. The van der Waals surface area contributed by atoms with E-state index in [2.05, 4.69) is 4.90 Å². The van der Waals surface area contributed by atoms with Gasteiger partial charge in [-0.15, -0.1) is 11.3 Å². The molecule has 4 N–H and O–H groups in total. The number of rotatable bonds is 6. The van der Waals surface area contributed by atoms with Crippen LogP contribution in [0.25, 0.3) is 10.2 Å². The Morgan fingerprint density at radius 2 is 2.16 bits per heavy atom. The van der Waals surface area contributed by atoms with E-state index in [-0.39, 0.29) is 18.5 Å². The molecule has 1 aliphatic rings. The van der Waals surface area contributed by atoms with Crippen LogP contribution < -0.4 is 10.6 Å². The van der Waals surface area contributed by atoms with E-state index < -0.39 is 0 Å². The standard InChI is InChI=1S/C18H25N3O3S/c1-2-13(24)17-16(19)15-11(4-3-9-22)10-14(20-18(15)25-17)21-7-5-12(23)6-8-21/h10,12,22-23H,2-9,19H2,1H3. The number of pyridine rings is 1. The van der Waals surface area contributed by atoms with Gasteiger partial charge in [0.15, 0.2) is 5.78 Å². The molecule has 2 aromatic rings. The zero-order valence-corrected chi connectivity index (χ0v) is 15.3. The maximum atomic E-state index is 12.2. The average Bonchev–Trinajstić information content (AvgIpc) is 2.96. The van der Waals surface area contributed by atoms with Crippen molar-refractivity contribution in [3.8, 4) is 0 Å². The third-order valence-corrected chi connectivity index (χ3v) is 5.87.